The Morgan fingerprint density at radius 2 is 1.81 bits per heavy atom. The Labute approximate surface area is 94.8 Å². The molecular formula is C12H16O4. The molecule has 1 aromatic rings. The molecule has 0 saturated heterocycles. The van der Waals surface area contributed by atoms with Crippen molar-refractivity contribution >= 4 is 5.97 Å². The Kier molecular flexibility index (Phi) is 4.31. The molecule has 4 nitrogen and oxygen atoms in total. The van der Waals surface area contributed by atoms with Crippen LogP contribution in [0.25, 0.3) is 0 Å². The average molecular weight is 224 g/mol. The molecule has 0 radical (unpaired) electrons. The molecule has 88 valence electrons. The molecule has 0 aliphatic carbocycles. The summed E-state index contributed by atoms with van der Waals surface area (Å²) in [6.07, 6.45) is -1.48. The number of carbonyl (C=O) groups excluding carboxylic acids is 1. The largest absolute Gasteiger partial charge is 0.497 e. The summed E-state index contributed by atoms with van der Waals surface area (Å²) in [6, 6.07) is 6.62. The summed E-state index contributed by atoms with van der Waals surface area (Å²) in [6.45, 7) is 3.47. The van der Waals surface area contributed by atoms with Crippen molar-refractivity contribution in [2.75, 3.05) is 7.11 Å². The van der Waals surface area contributed by atoms with Gasteiger partial charge in [-0.1, -0.05) is 12.1 Å². The van der Waals surface area contributed by atoms with E-state index in [9.17, 15) is 9.90 Å². The van der Waals surface area contributed by atoms with Crippen LogP contribution in [0.15, 0.2) is 24.3 Å². The number of ether oxygens (including phenoxy) is 2. The molecule has 0 aromatic heterocycles. The van der Waals surface area contributed by atoms with E-state index in [0.717, 1.165) is 0 Å². The van der Waals surface area contributed by atoms with Gasteiger partial charge < -0.3 is 14.6 Å². The molecule has 0 aliphatic rings. The van der Waals surface area contributed by atoms with E-state index in [2.05, 4.69) is 0 Å². The van der Waals surface area contributed by atoms with Crippen LogP contribution in [0.1, 0.15) is 25.5 Å². The summed E-state index contributed by atoms with van der Waals surface area (Å²) in [4.78, 5) is 11.4. The maximum absolute atomic E-state index is 11.4. The number of esters is 1. The van der Waals surface area contributed by atoms with Crippen LogP contribution >= 0.6 is 0 Å². The second-order valence-corrected chi connectivity index (χ2v) is 3.66. The van der Waals surface area contributed by atoms with E-state index in [4.69, 9.17) is 9.47 Å². The number of hydrogen-bond donors (Lipinski definition) is 1. The van der Waals surface area contributed by atoms with E-state index in [0.29, 0.717) is 11.3 Å². The van der Waals surface area contributed by atoms with Gasteiger partial charge in [-0.2, -0.15) is 0 Å². The molecular weight excluding hydrogens is 208 g/mol. The third-order valence-corrected chi connectivity index (χ3v) is 2.01. The molecule has 16 heavy (non-hydrogen) atoms. The normalized spacial score (nSPS) is 12.3. The Bertz CT molecular complexity index is 343. The fraction of sp³-hybridized carbons (Fsp3) is 0.417. The first kappa shape index (κ1) is 12.5. The van der Waals surface area contributed by atoms with E-state index in [1.54, 1.807) is 45.2 Å². The highest BCUT2D eigenvalue weighted by Crippen LogP contribution is 2.18. The van der Waals surface area contributed by atoms with Crippen LogP contribution in [0, 0.1) is 0 Å². The molecule has 0 spiro atoms. The lowest BCUT2D eigenvalue weighted by atomic mass is 10.1. The SMILES string of the molecule is COc1ccc(C(O)C(=O)OC(C)C)cc1. The Morgan fingerprint density at radius 1 is 1.25 bits per heavy atom. The van der Waals surface area contributed by atoms with E-state index >= 15 is 0 Å². The van der Waals surface area contributed by atoms with E-state index in [1.165, 1.54) is 0 Å². The average Bonchev–Trinajstić information content (AvgIpc) is 2.27. The topological polar surface area (TPSA) is 55.8 Å². The van der Waals surface area contributed by atoms with E-state index in [1.807, 2.05) is 0 Å². The van der Waals surface area contributed by atoms with Crippen molar-refractivity contribution in [2.45, 2.75) is 26.1 Å². The van der Waals surface area contributed by atoms with Gasteiger partial charge in [0, 0.05) is 0 Å². The number of rotatable bonds is 4. The monoisotopic (exact) mass is 224 g/mol. The van der Waals surface area contributed by atoms with Crippen molar-refractivity contribution in [1.29, 1.82) is 0 Å². The van der Waals surface area contributed by atoms with Crippen LogP contribution in [0.3, 0.4) is 0 Å². The molecule has 0 heterocycles. The molecule has 4 heteroatoms. The number of hydrogen-bond acceptors (Lipinski definition) is 4. The quantitative estimate of drug-likeness (QED) is 0.790. The number of methoxy groups -OCH3 is 1. The molecule has 0 fully saturated rings. The van der Waals surface area contributed by atoms with Gasteiger partial charge in [0.1, 0.15) is 5.75 Å². The number of aliphatic hydroxyl groups is 1. The van der Waals surface area contributed by atoms with Crippen molar-refractivity contribution in [3.8, 4) is 5.75 Å². The van der Waals surface area contributed by atoms with Crippen LogP contribution in [-0.2, 0) is 9.53 Å². The Hall–Kier alpha value is -1.55. The minimum atomic E-state index is -1.24. The van der Waals surface area contributed by atoms with Crippen LogP contribution < -0.4 is 4.74 Å². The summed E-state index contributed by atoms with van der Waals surface area (Å²) in [5.74, 6) is 0.0355. The van der Waals surface area contributed by atoms with Crippen LogP contribution in [0.2, 0.25) is 0 Å². The van der Waals surface area contributed by atoms with Gasteiger partial charge in [0.05, 0.1) is 13.2 Å². The third-order valence-electron chi connectivity index (χ3n) is 2.01. The van der Waals surface area contributed by atoms with Gasteiger partial charge in [0.2, 0.25) is 0 Å². The van der Waals surface area contributed by atoms with E-state index < -0.39 is 12.1 Å². The lowest BCUT2D eigenvalue weighted by Gasteiger charge is -2.13. The van der Waals surface area contributed by atoms with Crippen molar-refractivity contribution in [3.05, 3.63) is 29.8 Å². The molecule has 1 atom stereocenters. The molecule has 0 saturated carbocycles. The second-order valence-electron chi connectivity index (χ2n) is 3.66. The summed E-state index contributed by atoms with van der Waals surface area (Å²) in [5, 5.41) is 9.69. The molecule has 1 unspecified atom stereocenters. The van der Waals surface area contributed by atoms with Crippen molar-refractivity contribution in [1.82, 2.24) is 0 Å². The van der Waals surface area contributed by atoms with Gasteiger partial charge in [-0.25, -0.2) is 4.79 Å². The molecule has 1 rings (SSSR count). The minimum absolute atomic E-state index is 0.236. The minimum Gasteiger partial charge on any atom is -0.497 e. The van der Waals surface area contributed by atoms with Crippen molar-refractivity contribution in [3.63, 3.8) is 0 Å². The standard InChI is InChI=1S/C12H16O4/c1-8(2)16-12(14)11(13)9-4-6-10(15-3)7-5-9/h4-8,11,13H,1-3H3. The van der Waals surface area contributed by atoms with Crippen LogP contribution in [0.5, 0.6) is 5.75 Å². The first-order valence-electron chi connectivity index (χ1n) is 5.07. The lowest BCUT2D eigenvalue weighted by Crippen LogP contribution is -2.19. The second kappa shape index (κ2) is 5.51. The molecule has 1 aromatic carbocycles. The van der Waals surface area contributed by atoms with Gasteiger partial charge in [-0.05, 0) is 31.5 Å². The zero-order chi connectivity index (χ0) is 12.1. The summed E-state index contributed by atoms with van der Waals surface area (Å²) in [7, 11) is 1.55. The van der Waals surface area contributed by atoms with Gasteiger partial charge in [0.25, 0.3) is 0 Å². The van der Waals surface area contributed by atoms with Gasteiger partial charge in [-0.15, -0.1) is 0 Å². The Morgan fingerprint density at radius 3 is 2.25 bits per heavy atom. The van der Waals surface area contributed by atoms with Crippen LogP contribution in [0.4, 0.5) is 0 Å². The summed E-state index contributed by atoms with van der Waals surface area (Å²) >= 11 is 0. The Balaban J connectivity index is 2.72. The highest BCUT2D eigenvalue weighted by Gasteiger charge is 2.19. The lowest BCUT2D eigenvalue weighted by molar-refractivity contribution is -0.157. The van der Waals surface area contributed by atoms with Crippen molar-refractivity contribution in [2.24, 2.45) is 0 Å². The molecule has 0 amide bonds. The summed E-state index contributed by atoms with van der Waals surface area (Å²) < 4.78 is 9.88. The smallest absolute Gasteiger partial charge is 0.339 e. The summed E-state index contributed by atoms with van der Waals surface area (Å²) in [5.41, 5.74) is 0.492. The molecule has 0 bridgehead atoms. The van der Waals surface area contributed by atoms with Gasteiger partial charge in [-0.3, -0.25) is 0 Å². The zero-order valence-corrected chi connectivity index (χ0v) is 9.64. The highest BCUT2D eigenvalue weighted by atomic mass is 16.6. The maximum atomic E-state index is 11.4. The van der Waals surface area contributed by atoms with Gasteiger partial charge >= 0.3 is 5.97 Å². The van der Waals surface area contributed by atoms with Gasteiger partial charge in [0.15, 0.2) is 6.10 Å². The number of benzene rings is 1. The van der Waals surface area contributed by atoms with Crippen molar-refractivity contribution < 1.29 is 19.4 Å². The highest BCUT2D eigenvalue weighted by molar-refractivity contribution is 5.76. The predicted octanol–water partition coefficient (Wildman–Crippen LogP) is 1.68. The third kappa shape index (κ3) is 3.24. The number of carbonyl (C=O) groups is 1. The first-order valence-corrected chi connectivity index (χ1v) is 5.07. The van der Waals surface area contributed by atoms with Crippen LogP contribution in [-0.4, -0.2) is 24.3 Å². The fourth-order valence-corrected chi connectivity index (χ4v) is 1.22. The maximum Gasteiger partial charge on any atom is 0.339 e. The molecule has 0 aliphatic heterocycles. The number of aliphatic hydroxyl groups excluding tert-OH is 1. The molecule has 1 N–H and O–H groups in total. The first-order chi connectivity index (χ1) is 7.54. The zero-order valence-electron chi connectivity index (χ0n) is 9.64. The fourth-order valence-electron chi connectivity index (χ4n) is 1.22. The van der Waals surface area contributed by atoms with E-state index in [-0.39, 0.29) is 6.10 Å². The predicted molar refractivity (Wildman–Crippen MR) is 59.2 cm³/mol.